The van der Waals surface area contributed by atoms with E-state index in [2.05, 4.69) is 10.3 Å². The maximum atomic E-state index is 12.2. The number of benzene rings is 1. The number of anilines is 2. The van der Waals surface area contributed by atoms with Crippen LogP contribution in [0, 0.1) is 0 Å². The molecule has 144 valence electrons. The van der Waals surface area contributed by atoms with E-state index in [1.165, 1.54) is 0 Å². The van der Waals surface area contributed by atoms with Crippen molar-refractivity contribution in [2.24, 2.45) is 0 Å². The van der Waals surface area contributed by atoms with Crippen molar-refractivity contribution < 1.29 is 14.3 Å². The van der Waals surface area contributed by atoms with Crippen LogP contribution in [0.15, 0.2) is 18.2 Å². The van der Waals surface area contributed by atoms with Crippen LogP contribution in [0.2, 0.25) is 15.2 Å². The number of aromatic nitrogens is 1. The molecule has 27 heavy (non-hydrogen) atoms. The van der Waals surface area contributed by atoms with Crippen molar-refractivity contribution in [3.63, 3.8) is 0 Å². The first-order chi connectivity index (χ1) is 12.8. The molecule has 0 saturated heterocycles. The Hall–Kier alpha value is -2.02. The predicted octanol–water partition coefficient (Wildman–Crippen LogP) is 4.54. The molecule has 1 amide bonds. The number of aryl methyl sites for hydroxylation is 2. The van der Waals surface area contributed by atoms with Gasteiger partial charge < -0.3 is 15.8 Å². The number of pyridine rings is 1. The lowest BCUT2D eigenvalue weighted by Crippen LogP contribution is -2.23. The zero-order valence-corrected chi connectivity index (χ0v) is 17.0. The molecule has 1 heterocycles. The highest BCUT2D eigenvalue weighted by Gasteiger charge is 2.22. The lowest BCUT2D eigenvalue weighted by molar-refractivity contribution is -0.119. The first kappa shape index (κ1) is 21.3. The van der Waals surface area contributed by atoms with Gasteiger partial charge in [-0.15, -0.1) is 0 Å². The smallest absolute Gasteiger partial charge is 0.359 e. The lowest BCUT2D eigenvalue weighted by atomic mass is 10.0. The third-order valence-electron chi connectivity index (χ3n) is 3.86. The Morgan fingerprint density at radius 3 is 2.26 bits per heavy atom. The van der Waals surface area contributed by atoms with E-state index in [0.717, 1.165) is 29.7 Å². The summed E-state index contributed by atoms with van der Waals surface area (Å²) in [6.45, 7) is 3.47. The van der Waals surface area contributed by atoms with Gasteiger partial charge in [0.1, 0.15) is 5.02 Å². The molecule has 3 N–H and O–H groups in total. The van der Waals surface area contributed by atoms with Gasteiger partial charge in [0.2, 0.25) is 0 Å². The maximum Gasteiger partial charge on any atom is 0.359 e. The summed E-state index contributed by atoms with van der Waals surface area (Å²) >= 11 is 17.6. The molecule has 0 saturated carbocycles. The fourth-order valence-electron chi connectivity index (χ4n) is 2.44. The second-order valence-electron chi connectivity index (χ2n) is 5.58. The molecular weight excluding hydrogens is 413 g/mol. The highest BCUT2D eigenvalue weighted by Crippen LogP contribution is 2.34. The summed E-state index contributed by atoms with van der Waals surface area (Å²) in [5.41, 5.74) is 8.01. The Balaban J connectivity index is 2.10. The second-order valence-corrected chi connectivity index (χ2v) is 6.69. The van der Waals surface area contributed by atoms with Gasteiger partial charge in [0.15, 0.2) is 17.5 Å². The number of hydrogen-bond acceptors (Lipinski definition) is 5. The molecule has 0 aliphatic carbocycles. The SMILES string of the molecule is CCc1cccc(CC)c1NC(=O)COC(=O)c1nc(Cl)c(Cl)c(N)c1Cl. The molecule has 0 atom stereocenters. The second kappa shape index (κ2) is 9.26. The molecule has 0 aliphatic heterocycles. The summed E-state index contributed by atoms with van der Waals surface area (Å²) in [6.07, 6.45) is 1.51. The van der Waals surface area contributed by atoms with Crippen LogP contribution in [0.1, 0.15) is 35.5 Å². The number of halogens is 3. The van der Waals surface area contributed by atoms with Crippen LogP contribution in [0.4, 0.5) is 11.4 Å². The van der Waals surface area contributed by atoms with Crippen LogP contribution in [0.5, 0.6) is 0 Å². The number of para-hydroxylation sites is 1. The molecule has 2 aromatic rings. The molecular formula is C18H18Cl3N3O3. The van der Waals surface area contributed by atoms with Gasteiger partial charge >= 0.3 is 5.97 Å². The van der Waals surface area contributed by atoms with Gasteiger partial charge in [-0.05, 0) is 24.0 Å². The summed E-state index contributed by atoms with van der Waals surface area (Å²) in [7, 11) is 0. The van der Waals surface area contributed by atoms with E-state index in [-0.39, 0.29) is 26.6 Å². The van der Waals surface area contributed by atoms with Crippen LogP contribution < -0.4 is 11.1 Å². The van der Waals surface area contributed by atoms with Crippen molar-refractivity contribution >= 4 is 58.1 Å². The Morgan fingerprint density at radius 2 is 1.70 bits per heavy atom. The average Bonchev–Trinajstić information content (AvgIpc) is 2.67. The third kappa shape index (κ3) is 4.83. The summed E-state index contributed by atoms with van der Waals surface area (Å²) in [5.74, 6) is -1.41. The number of carbonyl (C=O) groups is 2. The molecule has 2 rings (SSSR count). The fraction of sp³-hybridized carbons (Fsp3) is 0.278. The van der Waals surface area contributed by atoms with E-state index in [4.69, 9.17) is 45.3 Å². The van der Waals surface area contributed by atoms with Crippen molar-refractivity contribution in [3.05, 3.63) is 50.2 Å². The van der Waals surface area contributed by atoms with Crippen LogP contribution in [-0.2, 0) is 22.4 Å². The van der Waals surface area contributed by atoms with Gasteiger partial charge in [0.05, 0.1) is 10.7 Å². The average molecular weight is 431 g/mol. The highest BCUT2D eigenvalue weighted by molar-refractivity contribution is 6.46. The number of nitrogens with zero attached hydrogens (tertiary/aromatic N) is 1. The topological polar surface area (TPSA) is 94.3 Å². The Kier molecular flexibility index (Phi) is 7.30. The zero-order chi connectivity index (χ0) is 20.1. The van der Waals surface area contributed by atoms with Crippen molar-refractivity contribution in [1.82, 2.24) is 4.98 Å². The van der Waals surface area contributed by atoms with Gasteiger partial charge in [0.25, 0.3) is 5.91 Å². The zero-order valence-electron chi connectivity index (χ0n) is 14.7. The summed E-state index contributed by atoms with van der Waals surface area (Å²) in [6, 6.07) is 5.81. The van der Waals surface area contributed by atoms with Gasteiger partial charge in [-0.25, -0.2) is 9.78 Å². The lowest BCUT2D eigenvalue weighted by Gasteiger charge is -2.14. The van der Waals surface area contributed by atoms with Gasteiger partial charge in [-0.3, -0.25) is 4.79 Å². The molecule has 0 aliphatic rings. The standard InChI is InChI=1S/C18H18Cl3N3O3/c1-3-9-6-5-7-10(4-2)15(9)23-11(25)8-27-18(26)16-12(19)14(22)13(20)17(21)24-16/h5-7H,3-4,8H2,1-2H3,(H2,22,24)(H,23,25). The van der Waals surface area contributed by atoms with E-state index in [1.54, 1.807) is 0 Å². The van der Waals surface area contributed by atoms with E-state index in [0.29, 0.717) is 0 Å². The molecule has 6 nitrogen and oxygen atoms in total. The number of nitrogen functional groups attached to an aromatic ring is 1. The van der Waals surface area contributed by atoms with Gasteiger partial charge in [-0.2, -0.15) is 0 Å². The summed E-state index contributed by atoms with van der Waals surface area (Å²) < 4.78 is 4.98. The Morgan fingerprint density at radius 1 is 1.11 bits per heavy atom. The minimum absolute atomic E-state index is 0.0563. The number of hydrogen-bond donors (Lipinski definition) is 2. The quantitative estimate of drug-likeness (QED) is 0.518. The van der Waals surface area contributed by atoms with Crippen LogP contribution in [0.3, 0.4) is 0 Å². The molecule has 1 aromatic heterocycles. The molecule has 0 spiro atoms. The molecule has 9 heteroatoms. The minimum Gasteiger partial charge on any atom is -0.451 e. The highest BCUT2D eigenvalue weighted by atomic mass is 35.5. The number of carbonyl (C=O) groups excluding carboxylic acids is 2. The number of esters is 1. The maximum absolute atomic E-state index is 12.2. The number of nitrogens with two attached hydrogens (primary N) is 1. The minimum atomic E-state index is -0.931. The van der Waals surface area contributed by atoms with Crippen LogP contribution >= 0.6 is 34.8 Å². The molecule has 0 bridgehead atoms. The number of ether oxygens (including phenoxy) is 1. The summed E-state index contributed by atoms with van der Waals surface area (Å²) in [5, 5.41) is 2.37. The normalized spacial score (nSPS) is 10.6. The monoisotopic (exact) mass is 429 g/mol. The van der Waals surface area contributed by atoms with Crippen molar-refractivity contribution in [2.45, 2.75) is 26.7 Å². The van der Waals surface area contributed by atoms with Crippen molar-refractivity contribution in [2.75, 3.05) is 17.7 Å². The predicted molar refractivity (Wildman–Crippen MR) is 108 cm³/mol. The van der Waals surface area contributed by atoms with Crippen LogP contribution in [-0.4, -0.2) is 23.5 Å². The summed E-state index contributed by atoms with van der Waals surface area (Å²) in [4.78, 5) is 28.2. The Labute approximate surface area is 171 Å². The first-order valence-corrected chi connectivity index (χ1v) is 9.31. The molecule has 0 radical (unpaired) electrons. The third-order valence-corrected chi connectivity index (χ3v) is 5.00. The molecule has 0 fully saturated rings. The van der Waals surface area contributed by atoms with Crippen molar-refractivity contribution in [1.29, 1.82) is 0 Å². The Bertz CT molecular complexity index is 866. The number of rotatable bonds is 6. The van der Waals surface area contributed by atoms with E-state index < -0.39 is 18.5 Å². The number of amides is 1. The molecule has 0 unspecified atom stereocenters. The van der Waals surface area contributed by atoms with Crippen molar-refractivity contribution in [3.8, 4) is 0 Å². The van der Waals surface area contributed by atoms with E-state index in [1.807, 2.05) is 32.0 Å². The van der Waals surface area contributed by atoms with E-state index >= 15 is 0 Å². The largest absolute Gasteiger partial charge is 0.451 e. The number of nitrogens with one attached hydrogen (secondary N) is 1. The van der Waals surface area contributed by atoms with Gasteiger partial charge in [0, 0.05) is 5.69 Å². The first-order valence-electron chi connectivity index (χ1n) is 8.17. The fourth-order valence-corrected chi connectivity index (χ4v) is 3.03. The molecule has 1 aromatic carbocycles. The van der Waals surface area contributed by atoms with E-state index in [9.17, 15) is 9.59 Å². The van der Waals surface area contributed by atoms with Gasteiger partial charge in [-0.1, -0.05) is 66.8 Å². The van der Waals surface area contributed by atoms with Crippen LogP contribution in [0.25, 0.3) is 0 Å².